The van der Waals surface area contributed by atoms with Gasteiger partial charge >= 0.3 is 21.7 Å². The number of carboxylic acids is 2. The van der Waals surface area contributed by atoms with Crippen molar-refractivity contribution >= 4 is 23.5 Å². The van der Waals surface area contributed by atoms with Crippen LogP contribution in [0, 0.1) is 5.92 Å². The molecule has 0 heterocycles. The van der Waals surface area contributed by atoms with Crippen LogP contribution in [0.3, 0.4) is 0 Å². The van der Waals surface area contributed by atoms with Crippen LogP contribution in [-0.2, 0) is 40.9 Å². The SMILES string of the molecule is CC(C)C[O-].CCCC(=O)CC(=O)[O-].CCCC(=O)CC(=O)[O-].[Ti+3]. The molecule has 0 saturated carbocycles. The smallest absolute Gasteiger partial charge is 0.854 e. The normalized spacial score (nSPS) is 8.75. The number of hydrogen-bond donors (Lipinski definition) is 0. The van der Waals surface area contributed by atoms with Gasteiger partial charge in [0.1, 0.15) is 11.6 Å². The molecule has 0 N–H and O–H groups in total. The average molecular weight is 379 g/mol. The van der Waals surface area contributed by atoms with Crippen molar-refractivity contribution in [2.75, 3.05) is 6.61 Å². The van der Waals surface area contributed by atoms with Gasteiger partial charge in [0.25, 0.3) is 0 Å². The van der Waals surface area contributed by atoms with E-state index in [2.05, 4.69) is 0 Å². The molecule has 0 bridgehead atoms. The number of carbonyl (C=O) groups excluding carboxylic acids is 4. The zero-order valence-electron chi connectivity index (χ0n) is 14.9. The van der Waals surface area contributed by atoms with E-state index >= 15 is 0 Å². The van der Waals surface area contributed by atoms with Crippen LogP contribution in [0.4, 0.5) is 0 Å². The molecule has 0 aliphatic heterocycles. The molecule has 0 fully saturated rings. The molecule has 24 heavy (non-hydrogen) atoms. The van der Waals surface area contributed by atoms with Gasteiger partial charge in [-0.05, 0) is 12.8 Å². The first kappa shape index (κ1) is 30.8. The fourth-order valence-corrected chi connectivity index (χ4v) is 1.06. The molecule has 8 heteroatoms. The number of rotatable bonds is 9. The number of hydrogen-bond acceptors (Lipinski definition) is 7. The second kappa shape index (κ2) is 22.0. The van der Waals surface area contributed by atoms with Gasteiger partial charge in [-0.15, -0.1) is 6.61 Å². The second-order valence-electron chi connectivity index (χ2n) is 5.24. The molecule has 0 unspecified atom stereocenters. The van der Waals surface area contributed by atoms with Crippen molar-refractivity contribution in [3.8, 4) is 0 Å². The van der Waals surface area contributed by atoms with Crippen LogP contribution in [0.2, 0.25) is 0 Å². The van der Waals surface area contributed by atoms with E-state index in [1.165, 1.54) is 0 Å². The molecule has 137 valence electrons. The monoisotopic (exact) mass is 379 g/mol. The summed E-state index contributed by atoms with van der Waals surface area (Å²) in [7, 11) is 0. The van der Waals surface area contributed by atoms with Gasteiger partial charge in [-0.2, -0.15) is 0 Å². The average Bonchev–Trinajstić information content (AvgIpc) is 2.38. The molecular formula is C16H27O7Ti. The molecule has 0 rings (SSSR count). The Morgan fingerprint density at radius 2 is 1.04 bits per heavy atom. The Hall–Kier alpha value is -1.05. The quantitative estimate of drug-likeness (QED) is 0.370. The van der Waals surface area contributed by atoms with Crippen LogP contribution in [0.1, 0.15) is 66.2 Å². The van der Waals surface area contributed by atoms with Gasteiger partial charge in [-0.1, -0.05) is 33.6 Å². The Morgan fingerprint density at radius 1 is 0.792 bits per heavy atom. The summed E-state index contributed by atoms with van der Waals surface area (Å²) >= 11 is 0. The number of carboxylic acid groups (broad SMARTS) is 2. The number of Topliss-reactive ketones (excluding diaryl/α,β-unsaturated/α-hetero) is 2. The number of ketones is 2. The van der Waals surface area contributed by atoms with E-state index in [1.54, 1.807) is 0 Å². The van der Waals surface area contributed by atoms with Crippen LogP contribution in [0.5, 0.6) is 0 Å². The minimum Gasteiger partial charge on any atom is -0.854 e. The third-order valence-corrected chi connectivity index (χ3v) is 2.07. The van der Waals surface area contributed by atoms with Crippen LogP contribution < -0.4 is 15.3 Å². The molecule has 0 saturated heterocycles. The Balaban J connectivity index is -0.000000128. The molecule has 7 nitrogen and oxygen atoms in total. The zero-order chi connectivity index (χ0) is 18.8. The van der Waals surface area contributed by atoms with E-state index < -0.39 is 24.8 Å². The summed E-state index contributed by atoms with van der Waals surface area (Å²) in [6, 6.07) is 0. The molecule has 0 spiro atoms. The summed E-state index contributed by atoms with van der Waals surface area (Å²) in [5, 5.41) is 29.1. The predicted molar refractivity (Wildman–Crippen MR) is 78.8 cm³/mol. The van der Waals surface area contributed by atoms with Gasteiger partial charge in [0, 0.05) is 37.6 Å². The first-order valence-electron chi connectivity index (χ1n) is 7.61. The van der Waals surface area contributed by atoms with Crippen molar-refractivity contribution < 1.29 is 56.2 Å². The van der Waals surface area contributed by atoms with Crippen LogP contribution in [-0.4, -0.2) is 30.1 Å². The summed E-state index contributed by atoms with van der Waals surface area (Å²) in [6.45, 7) is 7.53. The summed E-state index contributed by atoms with van der Waals surface area (Å²) in [5.74, 6) is -2.74. The van der Waals surface area contributed by atoms with Gasteiger partial charge in [-0.3, -0.25) is 9.59 Å². The second-order valence-corrected chi connectivity index (χ2v) is 5.24. The van der Waals surface area contributed by atoms with Crippen molar-refractivity contribution in [2.24, 2.45) is 5.92 Å². The molecule has 1 radical (unpaired) electrons. The Morgan fingerprint density at radius 3 is 1.17 bits per heavy atom. The standard InChI is InChI=1S/2C6H10O3.C4H9O.Ti/c2*1-2-3-5(7)4-6(8)9;1-4(2)3-5;/h2*2-4H2,1H3,(H,8,9);4H,3H2,1-2H3;/q;;-1;+3/p-2. The Bertz CT molecular complexity index is 324. The molecule has 0 aromatic carbocycles. The third kappa shape index (κ3) is 37.3. The summed E-state index contributed by atoms with van der Waals surface area (Å²) in [6.07, 6.45) is 1.21. The Kier molecular flexibility index (Phi) is 28.2. The molecule has 0 amide bonds. The van der Waals surface area contributed by atoms with E-state index in [-0.39, 0.29) is 39.9 Å². The van der Waals surface area contributed by atoms with Crippen molar-refractivity contribution in [3.05, 3.63) is 0 Å². The van der Waals surface area contributed by atoms with Crippen LogP contribution in [0.25, 0.3) is 0 Å². The van der Waals surface area contributed by atoms with Crippen molar-refractivity contribution in [1.82, 2.24) is 0 Å². The van der Waals surface area contributed by atoms with Gasteiger partial charge in [0.05, 0.1) is 0 Å². The molecule has 0 aliphatic carbocycles. The van der Waals surface area contributed by atoms with Crippen molar-refractivity contribution in [2.45, 2.75) is 66.2 Å². The summed E-state index contributed by atoms with van der Waals surface area (Å²) in [5.41, 5.74) is 0. The topological polar surface area (TPSA) is 137 Å². The zero-order valence-corrected chi connectivity index (χ0v) is 16.4. The minimum atomic E-state index is -1.28. The van der Waals surface area contributed by atoms with Gasteiger partial charge in [-0.25, -0.2) is 0 Å². The molecule has 0 aromatic heterocycles. The van der Waals surface area contributed by atoms with Crippen molar-refractivity contribution in [1.29, 1.82) is 0 Å². The maximum atomic E-state index is 10.4. The van der Waals surface area contributed by atoms with Gasteiger partial charge in [0.15, 0.2) is 0 Å². The summed E-state index contributed by atoms with van der Waals surface area (Å²) < 4.78 is 0. The largest absolute Gasteiger partial charge is 3.00 e. The first-order valence-corrected chi connectivity index (χ1v) is 7.61. The minimum absolute atomic E-state index is 0. The number of carbonyl (C=O) groups is 4. The first-order chi connectivity index (χ1) is 10.6. The van der Waals surface area contributed by atoms with Gasteiger partial charge in [0.2, 0.25) is 0 Å². The maximum Gasteiger partial charge on any atom is 3.00 e. The molecular weight excluding hydrogens is 352 g/mol. The van der Waals surface area contributed by atoms with E-state index in [0.717, 1.165) is 0 Å². The Labute approximate surface area is 158 Å². The van der Waals surface area contributed by atoms with Crippen LogP contribution >= 0.6 is 0 Å². The fraction of sp³-hybridized carbons (Fsp3) is 0.750. The van der Waals surface area contributed by atoms with E-state index in [1.807, 2.05) is 27.7 Å². The van der Waals surface area contributed by atoms with E-state index in [9.17, 15) is 34.5 Å². The van der Waals surface area contributed by atoms with Gasteiger partial charge < -0.3 is 24.9 Å². The molecule has 0 aliphatic rings. The third-order valence-electron chi connectivity index (χ3n) is 2.07. The summed E-state index contributed by atoms with van der Waals surface area (Å²) in [4.78, 5) is 40.4. The van der Waals surface area contributed by atoms with Crippen LogP contribution in [0.15, 0.2) is 0 Å². The maximum absolute atomic E-state index is 10.4. The predicted octanol–water partition coefficient (Wildman–Crippen LogP) is -1.01. The molecule has 0 aromatic rings. The number of aliphatic carboxylic acids is 2. The van der Waals surface area contributed by atoms with E-state index in [4.69, 9.17) is 0 Å². The van der Waals surface area contributed by atoms with Crippen molar-refractivity contribution in [3.63, 3.8) is 0 Å². The fourth-order valence-electron chi connectivity index (χ4n) is 1.06. The van der Waals surface area contributed by atoms with E-state index in [0.29, 0.717) is 31.6 Å². The molecule has 0 atom stereocenters.